The molecular formula is C12H14FNO2S. The summed E-state index contributed by atoms with van der Waals surface area (Å²) in [6, 6.07) is 4.03. The normalized spacial score (nSPS) is 16.6. The van der Waals surface area contributed by atoms with E-state index in [9.17, 15) is 9.18 Å². The van der Waals surface area contributed by atoms with Gasteiger partial charge in [0.1, 0.15) is 5.82 Å². The number of nitrogens with one attached hydrogen (secondary N) is 1. The van der Waals surface area contributed by atoms with E-state index in [1.807, 2.05) is 0 Å². The molecule has 0 atom stereocenters. The van der Waals surface area contributed by atoms with E-state index in [1.54, 1.807) is 0 Å². The van der Waals surface area contributed by atoms with Crippen LogP contribution in [0.15, 0.2) is 23.1 Å². The predicted octanol–water partition coefficient (Wildman–Crippen LogP) is 1.62. The van der Waals surface area contributed by atoms with Gasteiger partial charge in [0.25, 0.3) is 5.91 Å². The maximum absolute atomic E-state index is 13.0. The molecule has 1 saturated carbocycles. The molecule has 0 unspecified atom stereocenters. The third-order valence-corrected chi connectivity index (χ3v) is 3.47. The van der Waals surface area contributed by atoms with Gasteiger partial charge in [-0.1, -0.05) is 0 Å². The number of aliphatic hydroxyl groups excluding tert-OH is 1. The first-order valence-corrected chi connectivity index (χ1v) is 5.89. The summed E-state index contributed by atoms with van der Waals surface area (Å²) >= 11 is 3.92. The van der Waals surface area contributed by atoms with Crippen LogP contribution in [0.25, 0.3) is 0 Å². The van der Waals surface area contributed by atoms with Crippen molar-refractivity contribution in [3.8, 4) is 0 Å². The van der Waals surface area contributed by atoms with Crippen LogP contribution >= 0.6 is 12.6 Å². The number of hydrogen-bond acceptors (Lipinski definition) is 3. The van der Waals surface area contributed by atoms with E-state index in [0.717, 1.165) is 12.8 Å². The topological polar surface area (TPSA) is 49.3 Å². The first-order valence-electron chi connectivity index (χ1n) is 5.44. The third-order valence-electron chi connectivity index (χ3n) is 3.12. The van der Waals surface area contributed by atoms with Gasteiger partial charge < -0.3 is 10.4 Å². The van der Waals surface area contributed by atoms with Crippen LogP contribution in [0.1, 0.15) is 23.2 Å². The van der Waals surface area contributed by atoms with Crippen molar-refractivity contribution in [2.24, 2.45) is 5.41 Å². The molecule has 92 valence electrons. The standard InChI is InChI=1S/C12H14FNO2S/c13-9-2-1-8(5-10(9)17)11(16)14-6-12(7-15)3-4-12/h1-2,5,15,17H,3-4,6-7H2,(H,14,16). The Morgan fingerprint density at radius 2 is 2.24 bits per heavy atom. The molecule has 0 saturated heterocycles. The lowest BCUT2D eigenvalue weighted by Crippen LogP contribution is -2.31. The summed E-state index contributed by atoms with van der Waals surface area (Å²) in [6.45, 7) is 0.552. The van der Waals surface area contributed by atoms with Crippen LogP contribution in [0.5, 0.6) is 0 Å². The first-order chi connectivity index (χ1) is 8.06. The molecule has 0 aliphatic heterocycles. The molecule has 0 spiro atoms. The Bertz CT molecular complexity index is 446. The monoisotopic (exact) mass is 255 g/mol. The zero-order valence-electron chi connectivity index (χ0n) is 9.24. The molecule has 1 amide bonds. The molecule has 3 nitrogen and oxygen atoms in total. The fraction of sp³-hybridized carbons (Fsp3) is 0.417. The van der Waals surface area contributed by atoms with Gasteiger partial charge in [-0.2, -0.15) is 0 Å². The molecule has 1 aromatic rings. The third kappa shape index (κ3) is 2.79. The van der Waals surface area contributed by atoms with E-state index < -0.39 is 5.82 Å². The SMILES string of the molecule is O=C(NCC1(CO)CC1)c1ccc(F)c(S)c1. The second-order valence-corrected chi connectivity index (χ2v) is 4.99. The van der Waals surface area contributed by atoms with E-state index in [1.165, 1.54) is 18.2 Å². The summed E-state index contributed by atoms with van der Waals surface area (Å²) in [5.74, 6) is -0.709. The Kier molecular flexibility index (Phi) is 3.40. The van der Waals surface area contributed by atoms with E-state index in [2.05, 4.69) is 17.9 Å². The minimum atomic E-state index is -0.445. The summed E-state index contributed by atoms with van der Waals surface area (Å²) in [4.78, 5) is 11.9. The van der Waals surface area contributed by atoms with E-state index in [-0.39, 0.29) is 22.8 Å². The molecule has 0 bridgehead atoms. The van der Waals surface area contributed by atoms with Gasteiger partial charge in [-0.15, -0.1) is 12.6 Å². The number of benzene rings is 1. The van der Waals surface area contributed by atoms with Gasteiger partial charge >= 0.3 is 0 Å². The smallest absolute Gasteiger partial charge is 0.251 e. The van der Waals surface area contributed by atoms with Crippen LogP contribution in [0.4, 0.5) is 4.39 Å². The van der Waals surface area contributed by atoms with E-state index >= 15 is 0 Å². The molecule has 0 heterocycles. The highest BCUT2D eigenvalue weighted by molar-refractivity contribution is 7.80. The van der Waals surface area contributed by atoms with Crippen molar-refractivity contribution >= 4 is 18.5 Å². The fourth-order valence-electron chi connectivity index (χ4n) is 1.59. The number of thiol groups is 1. The van der Waals surface area contributed by atoms with Gasteiger partial charge in [0.2, 0.25) is 0 Å². The number of hydrogen-bond donors (Lipinski definition) is 3. The molecule has 0 radical (unpaired) electrons. The molecule has 5 heteroatoms. The molecule has 1 fully saturated rings. The van der Waals surface area contributed by atoms with Crippen molar-refractivity contribution in [1.82, 2.24) is 5.32 Å². The van der Waals surface area contributed by atoms with E-state index in [0.29, 0.717) is 12.1 Å². The minimum Gasteiger partial charge on any atom is -0.396 e. The molecule has 0 aromatic heterocycles. The van der Waals surface area contributed by atoms with Crippen molar-refractivity contribution in [2.45, 2.75) is 17.7 Å². The fourth-order valence-corrected chi connectivity index (χ4v) is 1.80. The number of aliphatic hydroxyl groups is 1. The molecule has 1 aliphatic carbocycles. The van der Waals surface area contributed by atoms with Crippen LogP contribution < -0.4 is 5.32 Å². The summed E-state index contributed by atoms with van der Waals surface area (Å²) in [5.41, 5.74) is 0.254. The Balaban J connectivity index is 1.97. The molecule has 1 aromatic carbocycles. The molecule has 2 N–H and O–H groups in total. The average molecular weight is 255 g/mol. The quantitative estimate of drug-likeness (QED) is 0.716. The zero-order chi connectivity index (χ0) is 12.5. The van der Waals surface area contributed by atoms with Gasteiger partial charge in [-0.05, 0) is 31.0 Å². The second kappa shape index (κ2) is 4.66. The maximum Gasteiger partial charge on any atom is 0.251 e. The van der Waals surface area contributed by atoms with Crippen LogP contribution in [-0.4, -0.2) is 24.2 Å². The van der Waals surface area contributed by atoms with Gasteiger partial charge in [0.05, 0.1) is 6.61 Å². The molecule has 17 heavy (non-hydrogen) atoms. The first kappa shape index (κ1) is 12.4. The molecular weight excluding hydrogens is 241 g/mol. The van der Waals surface area contributed by atoms with Crippen LogP contribution in [0.2, 0.25) is 0 Å². The highest BCUT2D eigenvalue weighted by atomic mass is 32.1. The molecule has 1 aliphatic rings. The second-order valence-electron chi connectivity index (χ2n) is 4.51. The summed E-state index contributed by atoms with van der Waals surface area (Å²) in [5, 5.41) is 11.9. The van der Waals surface area contributed by atoms with Crippen molar-refractivity contribution < 1.29 is 14.3 Å². The van der Waals surface area contributed by atoms with E-state index in [4.69, 9.17) is 5.11 Å². The van der Waals surface area contributed by atoms with Crippen molar-refractivity contribution in [3.05, 3.63) is 29.6 Å². The van der Waals surface area contributed by atoms with Crippen molar-refractivity contribution in [2.75, 3.05) is 13.2 Å². The van der Waals surface area contributed by atoms with Crippen LogP contribution in [0, 0.1) is 11.2 Å². The number of halogens is 1. The molecule has 2 rings (SSSR count). The highest BCUT2D eigenvalue weighted by Gasteiger charge is 2.42. The number of carbonyl (C=O) groups is 1. The van der Waals surface area contributed by atoms with Crippen molar-refractivity contribution in [3.63, 3.8) is 0 Å². The van der Waals surface area contributed by atoms with Gasteiger partial charge in [0.15, 0.2) is 0 Å². The highest BCUT2D eigenvalue weighted by Crippen LogP contribution is 2.44. The summed E-state index contributed by atoms with van der Waals surface area (Å²) < 4.78 is 13.0. The predicted molar refractivity (Wildman–Crippen MR) is 64.7 cm³/mol. The van der Waals surface area contributed by atoms with Crippen molar-refractivity contribution in [1.29, 1.82) is 0 Å². The lowest BCUT2D eigenvalue weighted by Gasteiger charge is -2.12. The number of amides is 1. The Hall–Kier alpha value is -1.07. The van der Waals surface area contributed by atoms with Crippen LogP contribution in [-0.2, 0) is 0 Å². The maximum atomic E-state index is 13.0. The summed E-state index contributed by atoms with van der Waals surface area (Å²) in [6.07, 6.45) is 1.87. The lowest BCUT2D eigenvalue weighted by molar-refractivity contribution is 0.0935. The minimum absolute atomic E-state index is 0.0918. The van der Waals surface area contributed by atoms with Crippen LogP contribution in [0.3, 0.4) is 0 Å². The van der Waals surface area contributed by atoms with Gasteiger partial charge in [0, 0.05) is 22.4 Å². The average Bonchev–Trinajstić information content (AvgIpc) is 3.10. The Morgan fingerprint density at radius 3 is 2.76 bits per heavy atom. The Morgan fingerprint density at radius 1 is 1.53 bits per heavy atom. The van der Waals surface area contributed by atoms with Gasteiger partial charge in [-0.25, -0.2) is 4.39 Å². The lowest BCUT2D eigenvalue weighted by atomic mass is 10.1. The van der Waals surface area contributed by atoms with Gasteiger partial charge in [-0.3, -0.25) is 4.79 Å². The Labute approximate surface area is 104 Å². The number of rotatable bonds is 4. The largest absolute Gasteiger partial charge is 0.396 e. The zero-order valence-corrected chi connectivity index (χ0v) is 10.1. The summed E-state index contributed by atoms with van der Waals surface area (Å²) in [7, 11) is 0. The number of carbonyl (C=O) groups excluding carboxylic acids is 1.